The molecule has 0 N–H and O–H groups in total. The molecule has 1 aromatic carbocycles. The van der Waals surface area contributed by atoms with Gasteiger partial charge in [0.15, 0.2) is 5.78 Å². The number of rotatable bonds is 2. The number of benzene rings is 1. The predicted molar refractivity (Wildman–Crippen MR) is 65.7 cm³/mol. The SMILES string of the molecule is CC(=O)N1CCCC(C(=O)c2ccc(F)cc2)C1. The molecule has 0 bridgehead atoms. The van der Waals surface area contributed by atoms with E-state index in [0.717, 1.165) is 19.4 Å². The summed E-state index contributed by atoms with van der Waals surface area (Å²) in [6, 6.07) is 5.59. The second-order valence-corrected chi connectivity index (χ2v) is 4.68. The molecular weight excluding hydrogens is 233 g/mol. The number of likely N-dealkylation sites (tertiary alicyclic amines) is 1. The van der Waals surface area contributed by atoms with Gasteiger partial charge in [0.2, 0.25) is 5.91 Å². The molecule has 1 aliphatic heterocycles. The van der Waals surface area contributed by atoms with E-state index >= 15 is 0 Å². The second-order valence-electron chi connectivity index (χ2n) is 4.68. The topological polar surface area (TPSA) is 37.4 Å². The molecule has 1 atom stereocenters. The van der Waals surface area contributed by atoms with Crippen molar-refractivity contribution in [1.82, 2.24) is 4.90 Å². The Hall–Kier alpha value is -1.71. The largest absolute Gasteiger partial charge is 0.342 e. The summed E-state index contributed by atoms with van der Waals surface area (Å²) >= 11 is 0. The van der Waals surface area contributed by atoms with Crippen LogP contribution in [0, 0.1) is 11.7 Å². The Kier molecular flexibility index (Phi) is 3.75. The molecule has 0 radical (unpaired) electrons. The molecule has 18 heavy (non-hydrogen) atoms. The van der Waals surface area contributed by atoms with Crippen molar-refractivity contribution >= 4 is 11.7 Å². The van der Waals surface area contributed by atoms with Gasteiger partial charge < -0.3 is 4.90 Å². The van der Waals surface area contributed by atoms with Gasteiger partial charge in [-0.2, -0.15) is 0 Å². The first kappa shape index (κ1) is 12.7. The van der Waals surface area contributed by atoms with Crippen molar-refractivity contribution in [3.63, 3.8) is 0 Å². The molecule has 1 aliphatic rings. The van der Waals surface area contributed by atoms with E-state index in [9.17, 15) is 14.0 Å². The lowest BCUT2D eigenvalue weighted by atomic mass is 9.90. The number of halogens is 1. The summed E-state index contributed by atoms with van der Waals surface area (Å²) in [4.78, 5) is 25.2. The number of amides is 1. The Morgan fingerprint density at radius 1 is 1.28 bits per heavy atom. The van der Waals surface area contributed by atoms with Crippen LogP contribution in [0.1, 0.15) is 30.1 Å². The van der Waals surface area contributed by atoms with E-state index in [1.54, 1.807) is 4.90 Å². The minimum atomic E-state index is -0.347. The van der Waals surface area contributed by atoms with Gasteiger partial charge in [0, 0.05) is 31.5 Å². The predicted octanol–water partition coefficient (Wildman–Crippen LogP) is 2.27. The highest BCUT2D eigenvalue weighted by Gasteiger charge is 2.27. The lowest BCUT2D eigenvalue weighted by molar-refractivity contribution is -0.130. The van der Waals surface area contributed by atoms with Crippen molar-refractivity contribution in [2.75, 3.05) is 13.1 Å². The van der Waals surface area contributed by atoms with Crippen molar-refractivity contribution in [1.29, 1.82) is 0 Å². The van der Waals surface area contributed by atoms with Gasteiger partial charge in [-0.05, 0) is 37.1 Å². The van der Waals surface area contributed by atoms with E-state index in [2.05, 4.69) is 0 Å². The van der Waals surface area contributed by atoms with Crippen molar-refractivity contribution in [3.8, 4) is 0 Å². The third-order valence-electron chi connectivity index (χ3n) is 3.37. The first-order valence-corrected chi connectivity index (χ1v) is 6.13. The third-order valence-corrected chi connectivity index (χ3v) is 3.37. The molecule has 2 rings (SSSR count). The molecule has 0 spiro atoms. The molecule has 0 aliphatic carbocycles. The molecule has 1 amide bonds. The molecule has 1 unspecified atom stereocenters. The summed E-state index contributed by atoms with van der Waals surface area (Å²) in [5.74, 6) is -0.499. The van der Waals surface area contributed by atoms with Gasteiger partial charge in [0.25, 0.3) is 0 Å². The highest BCUT2D eigenvalue weighted by atomic mass is 19.1. The minimum Gasteiger partial charge on any atom is -0.342 e. The van der Waals surface area contributed by atoms with Gasteiger partial charge in [-0.3, -0.25) is 9.59 Å². The van der Waals surface area contributed by atoms with Crippen LogP contribution in [-0.4, -0.2) is 29.7 Å². The summed E-state index contributed by atoms with van der Waals surface area (Å²) in [5.41, 5.74) is 0.520. The van der Waals surface area contributed by atoms with Gasteiger partial charge in [-0.15, -0.1) is 0 Å². The normalized spacial score (nSPS) is 19.7. The number of hydrogen-bond acceptors (Lipinski definition) is 2. The fourth-order valence-corrected chi connectivity index (χ4v) is 2.33. The van der Waals surface area contributed by atoms with E-state index in [0.29, 0.717) is 12.1 Å². The number of Topliss-reactive ketones (excluding diaryl/α,β-unsaturated/α-hetero) is 1. The van der Waals surface area contributed by atoms with Gasteiger partial charge >= 0.3 is 0 Å². The van der Waals surface area contributed by atoms with Crippen molar-refractivity contribution in [2.45, 2.75) is 19.8 Å². The lowest BCUT2D eigenvalue weighted by Gasteiger charge is -2.31. The van der Waals surface area contributed by atoms with Gasteiger partial charge in [-0.1, -0.05) is 0 Å². The second kappa shape index (κ2) is 5.29. The highest BCUT2D eigenvalue weighted by Crippen LogP contribution is 2.21. The zero-order valence-electron chi connectivity index (χ0n) is 10.4. The van der Waals surface area contributed by atoms with Crippen molar-refractivity contribution < 1.29 is 14.0 Å². The zero-order chi connectivity index (χ0) is 13.1. The lowest BCUT2D eigenvalue weighted by Crippen LogP contribution is -2.41. The summed E-state index contributed by atoms with van der Waals surface area (Å²) < 4.78 is 12.8. The zero-order valence-corrected chi connectivity index (χ0v) is 10.4. The first-order chi connectivity index (χ1) is 8.58. The first-order valence-electron chi connectivity index (χ1n) is 6.13. The average molecular weight is 249 g/mol. The summed E-state index contributed by atoms with van der Waals surface area (Å²) in [6.07, 6.45) is 1.64. The summed E-state index contributed by atoms with van der Waals surface area (Å²) in [7, 11) is 0. The van der Waals surface area contributed by atoms with Gasteiger partial charge in [0.1, 0.15) is 5.82 Å². The summed E-state index contributed by atoms with van der Waals surface area (Å²) in [5, 5.41) is 0. The Labute approximate surface area is 106 Å². The number of piperidine rings is 1. The van der Waals surface area contributed by atoms with Crippen LogP contribution in [0.5, 0.6) is 0 Å². The molecule has 0 aromatic heterocycles. The number of carbonyl (C=O) groups is 2. The molecule has 0 saturated carbocycles. The maximum atomic E-state index is 12.8. The van der Waals surface area contributed by atoms with Crippen LogP contribution in [0.2, 0.25) is 0 Å². The molecule has 1 heterocycles. The fraction of sp³-hybridized carbons (Fsp3) is 0.429. The van der Waals surface area contributed by atoms with Gasteiger partial charge in [-0.25, -0.2) is 4.39 Å². The standard InChI is InChI=1S/C14H16FNO2/c1-10(17)16-8-2-3-12(9-16)14(18)11-4-6-13(15)7-5-11/h4-7,12H,2-3,8-9H2,1H3. The van der Waals surface area contributed by atoms with Crippen LogP contribution in [0.25, 0.3) is 0 Å². The highest BCUT2D eigenvalue weighted by molar-refractivity contribution is 5.98. The molecule has 96 valence electrons. The Balaban J connectivity index is 2.09. The number of carbonyl (C=O) groups excluding carboxylic acids is 2. The van der Waals surface area contributed by atoms with Crippen LogP contribution < -0.4 is 0 Å². The van der Waals surface area contributed by atoms with E-state index in [4.69, 9.17) is 0 Å². The molecular formula is C14H16FNO2. The molecule has 1 fully saturated rings. The summed E-state index contributed by atoms with van der Waals surface area (Å²) in [6.45, 7) is 2.72. The minimum absolute atomic E-state index is 0.000880. The fourth-order valence-electron chi connectivity index (χ4n) is 2.33. The van der Waals surface area contributed by atoms with E-state index in [1.165, 1.54) is 31.2 Å². The van der Waals surface area contributed by atoms with E-state index in [-0.39, 0.29) is 23.4 Å². The molecule has 3 nitrogen and oxygen atoms in total. The monoisotopic (exact) mass is 249 g/mol. The van der Waals surface area contributed by atoms with E-state index < -0.39 is 0 Å². The quantitative estimate of drug-likeness (QED) is 0.754. The Bertz CT molecular complexity index is 455. The van der Waals surface area contributed by atoms with Gasteiger partial charge in [0.05, 0.1) is 0 Å². The van der Waals surface area contributed by atoms with E-state index in [1.807, 2.05) is 0 Å². The molecule has 4 heteroatoms. The third kappa shape index (κ3) is 2.75. The smallest absolute Gasteiger partial charge is 0.219 e. The number of ketones is 1. The van der Waals surface area contributed by atoms with Crippen molar-refractivity contribution in [3.05, 3.63) is 35.6 Å². The maximum absolute atomic E-state index is 12.8. The molecule has 1 aromatic rings. The van der Waals surface area contributed by atoms with Crippen molar-refractivity contribution in [2.24, 2.45) is 5.92 Å². The maximum Gasteiger partial charge on any atom is 0.219 e. The van der Waals surface area contributed by atoms with Crippen LogP contribution in [0.3, 0.4) is 0 Å². The van der Waals surface area contributed by atoms with Crippen LogP contribution >= 0.6 is 0 Å². The number of hydrogen-bond donors (Lipinski definition) is 0. The Morgan fingerprint density at radius 2 is 1.94 bits per heavy atom. The average Bonchev–Trinajstić information content (AvgIpc) is 2.39. The van der Waals surface area contributed by atoms with Crippen LogP contribution in [0.15, 0.2) is 24.3 Å². The van der Waals surface area contributed by atoms with Crippen LogP contribution in [-0.2, 0) is 4.79 Å². The van der Waals surface area contributed by atoms with Crippen LogP contribution in [0.4, 0.5) is 4.39 Å². The molecule has 1 saturated heterocycles. The Morgan fingerprint density at radius 3 is 2.56 bits per heavy atom. The number of nitrogens with zero attached hydrogens (tertiary/aromatic N) is 1.